The van der Waals surface area contributed by atoms with Crippen LogP contribution in [0.25, 0.3) is 10.6 Å². The Morgan fingerprint density at radius 2 is 2.33 bits per heavy atom. The number of H-pyrrole nitrogens is 1. The molecule has 0 saturated heterocycles. The molecule has 1 fully saturated rings. The van der Waals surface area contributed by atoms with Gasteiger partial charge in [-0.3, -0.25) is 0 Å². The fraction of sp³-hybridized carbons (Fsp3) is 0.364. The molecule has 4 heteroatoms. The van der Waals surface area contributed by atoms with E-state index < -0.39 is 0 Å². The summed E-state index contributed by atoms with van der Waals surface area (Å²) < 4.78 is 0. The number of aromatic nitrogens is 2. The number of hydrogen-bond donors (Lipinski definition) is 2. The number of nitrogens with one attached hydrogen (secondary N) is 1. The summed E-state index contributed by atoms with van der Waals surface area (Å²) in [6.07, 6.45) is 6.09. The van der Waals surface area contributed by atoms with Crippen LogP contribution in [0.1, 0.15) is 24.5 Å². The molecule has 0 spiro atoms. The third-order valence-electron chi connectivity index (χ3n) is 2.96. The Morgan fingerprint density at radius 1 is 1.47 bits per heavy atom. The number of thiazole rings is 1. The summed E-state index contributed by atoms with van der Waals surface area (Å²) in [5.41, 5.74) is 8.17. The molecule has 2 heterocycles. The predicted molar refractivity (Wildman–Crippen MR) is 61.9 cm³/mol. The zero-order valence-corrected chi connectivity index (χ0v) is 9.13. The Labute approximate surface area is 92.4 Å². The van der Waals surface area contributed by atoms with Crippen molar-refractivity contribution in [2.45, 2.75) is 24.8 Å². The molecule has 15 heavy (non-hydrogen) atoms. The van der Waals surface area contributed by atoms with Crippen LogP contribution in [0.4, 0.5) is 0 Å². The predicted octanol–water partition coefficient (Wildman–Crippen LogP) is 2.34. The van der Waals surface area contributed by atoms with E-state index in [0.29, 0.717) is 12.0 Å². The van der Waals surface area contributed by atoms with Gasteiger partial charge in [0.05, 0.1) is 5.69 Å². The Bertz CT molecular complexity index is 440. The van der Waals surface area contributed by atoms with Gasteiger partial charge in [-0.1, -0.05) is 0 Å². The summed E-state index contributed by atoms with van der Waals surface area (Å²) in [5, 5.41) is 3.27. The molecule has 0 aliphatic heterocycles. The van der Waals surface area contributed by atoms with Crippen LogP contribution in [-0.4, -0.2) is 16.0 Å². The molecule has 0 unspecified atom stereocenters. The van der Waals surface area contributed by atoms with Gasteiger partial charge >= 0.3 is 0 Å². The van der Waals surface area contributed by atoms with Gasteiger partial charge in [-0.15, -0.1) is 11.3 Å². The molecule has 3 rings (SSSR count). The third kappa shape index (κ3) is 1.60. The molecule has 78 valence electrons. The van der Waals surface area contributed by atoms with Crippen molar-refractivity contribution in [3.63, 3.8) is 0 Å². The maximum atomic E-state index is 5.78. The minimum absolute atomic E-state index is 0.396. The minimum Gasteiger partial charge on any atom is -0.367 e. The smallest absolute Gasteiger partial charge is 0.125 e. The van der Waals surface area contributed by atoms with E-state index in [0.717, 1.165) is 17.8 Å². The van der Waals surface area contributed by atoms with Gasteiger partial charge in [0.15, 0.2) is 0 Å². The van der Waals surface area contributed by atoms with Crippen LogP contribution in [0.3, 0.4) is 0 Å². The molecule has 0 amide bonds. The molecule has 0 atom stereocenters. The van der Waals surface area contributed by atoms with Crippen molar-refractivity contribution >= 4 is 11.3 Å². The minimum atomic E-state index is 0.396. The Morgan fingerprint density at radius 3 is 3.00 bits per heavy atom. The quantitative estimate of drug-likeness (QED) is 0.814. The first kappa shape index (κ1) is 9.12. The highest BCUT2D eigenvalue weighted by Gasteiger charge is 2.29. The number of hydrogen-bond acceptors (Lipinski definition) is 3. The lowest BCUT2D eigenvalue weighted by molar-refractivity contribution is 0.346. The van der Waals surface area contributed by atoms with Crippen molar-refractivity contribution in [1.29, 1.82) is 0 Å². The standard InChI is InChI=1S/C11H13N3S/c12-9-3-8(4-9)10-6-15-11(14-10)7-1-2-13-5-7/h1-2,5-6,8-9,13H,3-4,12H2. The normalized spacial score (nSPS) is 25.1. The molecular formula is C11H13N3S. The molecule has 2 aromatic heterocycles. The average Bonchev–Trinajstić information content (AvgIpc) is 2.83. The van der Waals surface area contributed by atoms with E-state index in [1.165, 1.54) is 11.3 Å². The SMILES string of the molecule is NC1CC(c2csc(-c3cc[nH]c3)n2)C1. The number of aromatic amines is 1. The van der Waals surface area contributed by atoms with Crippen molar-refractivity contribution in [3.05, 3.63) is 29.5 Å². The van der Waals surface area contributed by atoms with Gasteiger partial charge in [-0.2, -0.15) is 0 Å². The lowest BCUT2D eigenvalue weighted by Gasteiger charge is -2.30. The van der Waals surface area contributed by atoms with Gasteiger partial charge in [-0.25, -0.2) is 4.98 Å². The van der Waals surface area contributed by atoms with Crippen LogP contribution in [-0.2, 0) is 0 Å². The molecule has 0 radical (unpaired) electrons. The molecular weight excluding hydrogens is 206 g/mol. The molecule has 1 aliphatic rings. The van der Waals surface area contributed by atoms with Crippen LogP contribution in [0, 0.1) is 0 Å². The lowest BCUT2D eigenvalue weighted by Crippen LogP contribution is -2.34. The summed E-state index contributed by atoms with van der Waals surface area (Å²) in [7, 11) is 0. The van der Waals surface area contributed by atoms with Crippen LogP contribution in [0.15, 0.2) is 23.8 Å². The van der Waals surface area contributed by atoms with Gasteiger partial charge in [0.25, 0.3) is 0 Å². The fourth-order valence-corrected chi connectivity index (χ4v) is 2.87. The van der Waals surface area contributed by atoms with E-state index in [4.69, 9.17) is 5.73 Å². The van der Waals surface area contributed by atoms with Gasteiger partial charge < -0.3 is 10.7 Å². The summed E-state index contributed by atoms with van der Waals surface area (Å²) >= 11 is 1.71. The zero-order valence-electron chi connectivity index (χ0n) is 8.31. The average molecular weight is 219 g/mol. The third-order valence-corrected chi connectivity index (χ3v) is 3.87. The molecule has 3 nitrogen and oxygen atoms in total. The van der Waals surface area contributed by atoms with E-state index in [1.807, 2.05) is 12.4 Å². The summed E-state index contributed by atoms with van der Waals surface area (Å²) in [6.45, 7) is 0. The molecule has 2 aromatic rings. The second kappa shape index (κ2) is 3.47. The van der Waals surface area contributed by atoms with Gasteiger partial charge in [0, 0.05) is 35.3 Å². The van der Waals surface area contributed by atoms with Crippen LogP contribution in [0.2, 0.25) is 0 Å². The molecule has 1 saturated carbocycles. The Hall–Kier alpha value is -1.13. The zero-order chi connectivity index (χ0) is 10.3. The summed E-state index contributed by atoms with van der Waals surface area (Å²) in [6, 6.07) is 2.45. The van der Waals surface area contributed by atoms with E-state index in [2.05, 4.69) is 21.4 Å². The molecule has 3 N–H and O–H groups in total. The van der Waals surface area contributed by atoms with Gasteiger partial charge in [0.1, 0.15) is 5.01 Å². The van der Waals surface area contributed by atoms with E-state index >= 15 is 0 Å². The highest BCUT2D eigenvalue weighted by Crippen LogP contribution is 2.37. The van der Waals surface area contributed by atoms with Crippen LogP contribution < -0.4 is 5.73 Å². The summed E-state index contributed by atoms with van der Waals surface area (Å²) in [4.78, 5) is 7.70. The van der Waals surface area contributed by atoms with Gasteiger partial charge in [0.2, 0.25) is 0 Å². The lowest BCUT2D eigenvalue weighted by atomic mass is 9.79. The highest BCUT2D eigenvalue weighted by molar-refractivity contribution is 7.13. The van der Waals surface area contributed by atoms with Crippen molar-refractivity contribution in [2.24, 2.45) is 5.73 Å². The maximum absolute atomic E-state index is 5.78. The second-order valence-electron chi connectivity index (χ2n) is 4.11. The first-order valence-corrected chi connectivity index (χ1v) is 6.05. The Balaban J connectivity index is 1.82. The molecule has 0 bridgehead atoms. The van der Waals surface area contributed by atoms with E-state index in [1.54, 1.807) is 11.3 Å². The van der Waals surface area contributed by atoms with Crippen LogP contribution >= 0.6 is 11.3 Å². The second-order valence-corrected chi connectivity index (χ2v) is 4.96. The largest absolute Gasteiger partial charge is 0.367 e. The number of nitrogens with zero attached hydrogens (tertiary/aromatic N) is 1. The highest BCUT2D eigenvalue weighted by atomic mass is 32.1. The van der Waals surface area contributed by atoms with Crippen molar-refractivity contribution < 1.29 is 0 Å². The summed E-state index contributed by atoms with van der Waals surface area (Å²) in [5.74, 6) is 0.601. The van der Waals surface area contributed by atoms with E-state index in [-0.39, 0.29) is 0 Å². The topological polar surface area (TPSA) is 54.7 Å². The van der Waals surface area contributed by atoms with Crippen molar-refractivity contribution in [1.82, 2.24) is 9.97 Å². The first-order valence-electron chi connectivity index (χ1n) is 5.17. The number of rotatable bonds is 2. The molecule has 0 aromatic carbocycles. The molecule has 1 aliphatic carbocycles. The monoisotopic (exact) mass is 219 g/mol. The number of nitrogens with two attached hydrogens (primary N) is 1. The van der Waals surface area contributed by atoms with Gasteiger partial charge in [-0.05, 0) is 18.9 Å². The fourth-order valence-electron chi connectivity index (χ4n) is 1.97. The first-order chi connectivity index (χ1) is 7.33. The van der Waals surface area contributed by atoms with Crippen molar-refractivity contribution in [3.8, 4) is 10.6 Å². The van der Waals surface area contributed by atoms with Crippen LogP contribution in [0.5, 0.6) is 0 Å². The Kier molecular flexibility index (Phi) is 2.11. The van der Waals surface area contributed by atoms with Crippen molar-refractivity contribution in [2.75, 3.05) is 0 Å². The van der Waals surface area contributed by atoms with E-state index in [9.17, 15) is 0 Å². The maximum Gasteiger partial charge on any atom is 0.125 e.